The van der Waals surface area contributed by atoms with Crippen LogP contribution in [0.15, 0.2) is 48.5 Å². The first-order valence-corrected chi connectivity index (χ1v) is 9.53. The second-order valence-electron chi connectivity index (χ2n) is 6.37. The second kappa shape index (κ2) is 11.6. The fraction of sp³-hybridized carbons (Fsp3) is 0.364. The average Bonchev–Trinajstić information content (AvgIpc) is 2.70. The summed E-state index contributed by atoms with van der Waals surface area (Å²) in [6.07, 6.45) is 2.44. The molecule has 0 aliphatic heterocycles. The third-order valence-electron chi connectivity index (χ3n) is 4.10. The normalized spacial score (nSPS) is 10.2. The highest BCUT2D eigenvalue weighted by atomic mass is 16.5. The zero-order valence-corrected chi connectivity index (χ0v) is 16.5. The van der Waals surface area contributed by atoms with Crippen LogP contribution >= 0.6 is 0 Å². The molecule has 0 aliphatic rings. The van der Waals surface area contributed by atoms with Crippen molar-refractivity contribution < 1.29 is 19.1 Å². The molecule has 0 aromatic heterocycles. The van der Waals surface area contributed by atoms with Gasteiger partial charge in [0.25, 0.3) is 0 Å². The van der Waals surface area contributed by atoms with Gasteiger partial charge in [-0.25, -0.2) is 0 Å². The number of carbonyl (C=O) groups excluding carboxylic acids is 2. The molecule has 2 N–H and O–H groups in total. The Balaban J connectivity index is 1.83. The molecule has 2 aromatic rings. The number of methoxy groups -OCH3 is 1. The summed E-state index contributed by atoms with van der Waals surface area (Å²) in [4.78, 5) is 24.2. The van der Waals surface area contributed by atoms with E-state index in [1.165, 1.54) is 0 Å². The summed E-state index contributed by atoms with van der Waals surface area (Å²) in [5.41, 5.74) is 1.51. The van der Waals surface area contributed by atoms with Crippen LogP contribution in [0.4, 0.5) is 5.69 Å². The summed E-state index contributed by atoms with van der Waals surface area (Å²) < 4.78 is 11.0. The zero-order valence-electron chi connectivity index (χ0n) is 16.5. The minimum absolute atomic E-state index is 0.107. The van der Waals surface area contributed by atoms with Gasteiger partial charge in [-0.3, -0.25) is 9.59 Å². The molecule has 2 amide bonds. The Morgan fingerprint density at radius 1 is 1.04 bits per heavy atom. The topological polar surface area (TPSA) is 76.7 Å². The summed E-state index contributed by atoms with van der Waals surface area (Å²) >= 11 is 0. The predicted molar refractivity (Wildman–Crippen MR) is 110 cm³/mol. The lowest BCUT2D eigenvalue weighted by molar-refractivity contribution is -0.120. The lowest BCUT2D eigenvalue weighted by atomic mass is 10.1. The first kappa shape index (κ1) is 21.3. The number of anilines is 1. The van der Waals surface area contributed by atoms with E-state index in [4.69, 9.17) is 9.47 Å². The van der Waals surface area contributed by atoms with Crippen LogP contribution < -0.4 is 20.1 Å². The molecule has 0 heterocycles. The van der Waals surface area contributed by atoms with Crippen molar-refractivity contribution in [1.82, 2.24) is 5.32 Å². The molecule has 0 atom stereocenters. The van der Waals surface area contributed by atoms with Gasteiger partial charge in [0.2, 0.25) is 11.8 Å². The van der Waals surface area contributed by atoms with Gasteiger partial charge in [-0.05, 0) is 24.1 Å². The quantitative estimate of drug-likeness (QED) is 0.581. The second-order valence-corrected chi connectivity index (χ2v) is 6.37. The van der Waals surface area contributed by atoms with E-state index in [0.717, 1.165) is 18.4 Å². The molecule has 28 heavy (non-hydrogen) atoms. The molecule has 0 radical (unpaired) electrons. The molecular weight excluding hydrogens is 356 g/mol. The Morgan fingerprint density at radius 2 is 1.82 bits per heavy atom. The summed E-state index contributed by atoms with van der Waals surface area (Å²) in [7, 11) is 1.57. The van der Waals surface area contributed by atoms with Crippen molar-refractivity contribution in [3.05, 3.63) is 54.1 Å². The van der Waals surface area contributed by atoms with E-state index in [2.05, 4.69) is 17.6 Å². The van der Waals surface area contributed by atoms with Crippen LogP contribution in [0.25, 0.3) is 0 Å². The van der Waals surface area contributed by atoms with E-state index >= 15 is 0 Å². The Bertz CT molecular complexity index is 762. The SMILES string of the molecule is CCCCOc1ccc(OC)cc1NC(=O)CCNC(=O)Cc1ccccc1. The monoisotopic (exact) mass is 384 g/mol. The maximum Gasteiger partial charge on any atom is 0.226 e. The van der Waals surface area contributed by atoms with Gasteiger partial charge in [0.1, 0.15) is 11.5 Å². The van der Waals surface area contributed by atoms with Crippen molar-refractivity contribution in [3.63, 3.8) is 0 Å². The molecule has 0 fully saturated rings. The number of ether oxygens (including phenoxy) is 2. The minimum Gasteiger partial charge on any atom is -0.497 e. The van der Waals surface area contributed by atoms with E-state index in [-0.39, 0.29) is 24.8 Å². The summed E-state index contributed by atoms with van der Waals surface area (Å²) in [5.74, 6) is 0.933. The van der Waals surface area contributed by atoms with Gasteiger partial charge in [0.15, 0.2) is 0 Å². The van der Waals surface area contributed by atoms with Gasteiger partial charge in [0.05, 0.1) is 25.8 Å². The van der Waals surface area contributed by atoms with Crippen molar-refractivity contribution in [1.29, 1.82) is 0 Å². The van der Waals surface area contributed by atoms with Crippen LogP contribution in [-0.4, -0.2) is 32.1 Å². The van der Waals surface area contributed by atoms with Crippen LogP contribution in [0, 0.1) is 0 Å². The number of hydrogen-bond donors (Lipinski definition) is 2. The number of rotatable bonds is 11. The Labute approximate surface area is 166 Å². The van der Waals surface area contributed by atoms with Crippen molar-refractivity contribution in [2.24, 2.45) is 0 Å². The summed E-state index contributed by atoms with van der Waals surface area (Å²) in [6, 6.07) is 14.8. The lowest BCUT2D eigenvalue weighted by Gasteiger charge is -2.14. The Kier molecular flexibility index (Phi) is 8.85. The molecule has 0 saturated heterocycles. The van der Waals surface area contributed by atoms with Crippen LogP contribution in [0.1, 0.15) is 31.7 Å². The molecule has 6 heteroatoms. The van der Waals surface area contributed by atoms with E-state index < -0.39 is 0 Å². The number of benzene rings is 2. The molecule has 0 spiro atoms. The van der Waals surface area contributed by atoms with Crippen LogP contribution in [0.3, 0.4) is 0 Å². The van der Waals surface area contributed by atoms with E-state index in [1.807, 2.05) is 30.3 Å². The predicted octanol–water partition coefficient (Wildman–Crippen LogP) is 3.56. The van der Waals surface area contributed by atoms with Gasteiger partial charge >= 0.3 is 0 Å². The fourth-order valence-corrected chi connectivity index (χ4v) is 2.56. The van der Waals surface area contributed by atoms with Gasteiger partial charge < -0.3 is 20.1 Å². The van der Waals surface area contributed by atoms with Gasteiger partial charge in [-0.15, -0.1) is 0 Å². The fourth-order valence-electron chi connectivity index (χ4n) is 2.56. The maximum atomic E-state index is 12.3. The maximum absolute atomic E-state index is 12.3. The number of amides is 2. The molecule has 0 bridgehead atoms. The zero-order chi connectivity index (χ0) is 20.2. The standard InChI is InChI=1S/C22H28N2O4/c1-3-4-14-28-20-11-10-18(27-2)16-19(20)24-21(25)12-13-23-22(26)15-17-8-6-5-7-9-17/h5-11,16H,3-4,12-15H2,1-2H3,(H,23,26)(H,24,25). The van der Waals surface area contributed by atoms with Crippen molar-refractivity contribution in [2.75, 3.05) is 25.6 Å². The van der Waals surface area contributed by atoms with Crippen LogP contribution in [-0.2, 0) is 16.0 Å². The Hall–Kier alpha value is -3.02. The number of unbranched alkanes of at least 4 members (excludes halogenated alkanes) is 1. The molecule has 6 nitrogen and oxygen atoms in total. The van der Waals surface area contributed by atoms with E-state index in [0.29, 0.717) is 30.2 Å². The first-order valence-electron chi connectivity index (χ1n) is 9.53. The third-order valence-corrected chi connectivity index (χ3v) is 4.10. The highest BCUT2D eigenvalue weighted by Crippen LogP contribution is 2.29. The van der Waals surface area contributed by atoms with Gasteiger partial charge in [-0.1, -0.05) is 43.7 Å². The van der Waals surface area contributed by atoms with Crippen molar-refractivity contribution in [2.45, 2.75) is 32.6 Å². The number of nitrogens with one attached hydrogen (secondary N) is 2. The lowest BCUT2D eigenvalue weighted by Crippen LogP contribution is -2.28. The van der Waals surface area contributed by atoms with E-state index in [1.54, 1.807) is 25.3 Å². The van der Waals surface area contributed by atoms with Crippen molar-refractivity contribution in [3.8, 4) is 11.5 Å². The number of carbonyl (C=O) groups is 2. The minimum atomic E-state index is -0.200. The summed E-state index contributed by atoms with van der Waals surface area (Å²) in [5, 5.41) is 5.61. The molecule has 2 rings (SSSR count). The van der Waals surface area contributed by atoms with Gasteiger partial charge in [-0.2, -0.15) is 0 Å². The first-order chi connectivity index (χ1) is 13.6. The molecule has 150 valence electrons. The molecular formula is C22H28N2O4. The van der Waals surface area contributed by atoms with E-state index in [9.17, 15) is 9.59 Å². The summed E-state index contributed by atoms with van der Waals surface area (Å²) in [6.45, 7) is 2.95. The highest BCUT2D eigenvalue weighted by Gasteiger charge is 2.11. The molecule has 0 aliphatic carbocycles. The molecule has 0 unspecified atom stereocenters. The third kappa shape index (κ3) is 7.31. The molecule has 0 saturated carbocycles. The number of hydrogen-bond acceptors (Lipinski definition) is 4. The highest BCUT2D eigenvalue weighted by molar-refractivity contribution is 5.93. The molecule has 2 aromatic carbocycles. The van der Waals surface area contributed by atoms with Gasteiger partial charge in [0, 0.05) is 19.0 Å². The smallest absolute Gasteiger partial charge is 0.226 e. The van der Waals surface area contributed by atoms with Crippen molar-refractivity contribution >= 4 is 17.5 Å². The van der Waals surface area contributed by atoms with Crippen LogP contribution in [0.5, 0.6) is 11.5 Å². The largest absolute Gasteiger partial charge is 0.497 e. The Morgan fingerprint density at radius 3 is 2.54 bits per heavy atom. The average molecular weight is 384 g/mol. The van der Waals surface area contributed by atoms with Crippen LogP contribution in [0.2, 0.25) is 0 Å².